The van der Waals surface area contributed by atoms with Crippen LogP contribution in [0.3, 0.4) is 0 Å². The van der Waals surface area contributed by atoms with Gasteiger partial charge in [-0.1, -0.05) is 6.42 Å². The van der Waals surface area contributed by atoms with E-state index in [-0.39, 0.29) is 12.3 Å². The number of morpholine rings is 1. The number of hydrogen-bond acceptors (Lipinski definition) is 4. The van der Waals surface area contributed by atoms with E-state index in [1.807, 2.05) is 4.90 Å². The monoisotopic (exact) mass is 275 g/mol. The molecule has 0 aromatic rings. The maximum absolute atomic E-state index is 11.7. The SMILES string of the molecule is O=C(O)CCCCCSCC(=O)N1CCOCC1. The minimum absolute atomic E-state index is 0.189. The van der Waals surface area contributed by atoms with E-state index in [1.165, 1.54) is 0 Å². The molecule has 1 saturated heterocycles. The van der Waals surface area contributed by atoms with Gasteiger partial charge in [-0.25, -0.2) is 0 Å². The van der Waals surface area contributed by atoms with E-state index < -0.39 is 5.97 Å². The van der Waals surface area contributed by atoms with E-state index in [1.54, 1.807) is 11.8 Å². The van der Waals surface area contributed by atoms with Crippen LogP contribution in [0.4, 0.5) is 0 Å². The number of aliphatic carboxylic acids is 1. The van der Waals surface area contributed by atoms with E-state index in [0.29, 0.717) is 32.1 Å². The number of amides is 1. The van der Waals surface area contributed by atoms with Gasteiger partial charge in [0.15, 0.2) is 0 Å². The molecule has 104 valence electrons. The van der Waals surface area contributed by atoms with Gasteiger partial charge in [0.25, 0.3) is 0 Å². The molecule has 0 spiro atoms. The van der Waals surface area contributed by atoms with Crippen LogP contribution < -0.4 is 0 Å². The summed E-state index contributed by atoms with van der Waals surface area (Å²) in [5.41, 5.74) is 0. The van der Waals surface area contributed by atoms with Gasteiger partial charge in [0.05, 0.1) is 19.0 Å². The van der Waals surface area contributed by atoms with Crippen molar-refractivity contribution in [3.63, 3.8) is 0 Å². The summed E-state index contributed by atoms with van der Waals surface area (Å²) in [4.78, 5) is 23.9. The average Bonchev–Trinajstić information content (AvgIpc) is 2.38. The molecule has 1 heterocycles. The first-order valence-electron chi connectivity index (χ1n) is 6.35. The number of carbonyl (C=O) groups is 2. The van der Waals surface area contributed by atoms with Gasteiger partial charge in [0.2, 0.25) is 5.91 Å². The molecule has 0 aliphatic carbocycles. The zero-order valence-corrected chi connectivity index (χ0v) is 11.4. The Kier molecular flexibility index (Phi) is 7.84. The van der Waals surface area contributed by atoms with Gasteiger partial charge >= 0.3 is 5.97 Å². The third kappa shape index (κ3) is 6.86. The second-order valence-electron chi connectivity index (χ2n) is 4.25. The Hall–Kier alpha value is -0.750. The highest BCUT2D eigenvalue weighted by Crippen LogP contribution is 2.09. The zero-order chi connectivity index (χ0) is 13.2. The highest BCUT2D eigenvalue weighted by Gasteiger charge is 2.15. The highest BCUT2D eigenvalue weighted by atomic mass is 32.2. The summed E-state index contributed by atoms with van der Waals surface area (Å²) in [5, 5.41) is 8.47. The van der Waals surface area contributed by atoms with Gasteiger partial charge < -0.3 is 14.7 Å². The number of nitrogens with zero attached hydrogens (tertiary/aromatic N) is 1. The lowest BCUT2D eigenvalue weighted by Gasteiger charge is -2.26. The fourth-order valence-corrected chi connectivity index (χ4v) is 2.63. The third-order valence-corrected chi connectivity index (χ3v) is 3.80. The van der Waals surface area contributed by atoms with Crippen molar-refractivity contribution in [3.05, 3.63) is 0 Å². The predicted molar refractivity (Wildman–Crippen MR) is 70.8 cm³/mol. The fourth-order valence-electron chi connectivity index (χ4n) is 1.72. The van der Waals surface area contributed by atoms with Gasteiger partial charge in [-0.2, -0.15) is 11.8 Å². The Morgan fingerprint density at radius 3 is 2.56 bits per heavy atom. The number of rotatable bonds is 8. The third-order valence-electron chi connectivity index (χ3n) is 2.77. The Bertz CT molecular complexity index is 267. The standard InChI is InChI=1S/C12H21NO4S/c14-11(13-5-7-17-8-6-13)10-18-9-3-1-2-4-12(15)16/h1-10H2,(H,15,16). The number of carboxylic acids is 1. The molecule has 0 unspecified atom stereocenters. The lowest BCUT2D eigenvalue weighted by Crippen LogP contribution is -2.41. The largest absolute Gasteiger partial charge is 0.481 e. The van der Waals surface area contributed by atoms with Crippen LogP contribution in [0, 0.1) is 0 Å². The van der Waals surface area contributed by atoms with Gasteiger partial charge in [-0.05, 0) is 18.6 Å². The van der Waals surface area contributed by atoms with E-state index in [4.69, 9.17) is 9.84 Å². The lowest BCUT2D eigenvalue weighted by molar-refractivity contribution is -0.137. The maximum atomic E-state index is 11.7. The Labute approximate surface area is 112 Å². The quantitative estimate of drug-likeness (QED) is 0.675. The first-order valence-corrected chi connectivity index (χ1v) is 7.50. The van der Waals surface area contributed by atoms with Crippen molar-refractivity contribution in [2.45, 2.75) is 25.7 Å². The second kappa shape index (κ2) is 9.22. The molecule has 0 aromatic carbocycles. The first-order chi connectivity index (χ1) is 8.70. The molecule has 0 saturated carbocycles. The molecular weight excluding hydrogens is 254 g/mol. The van der Waals surface area contributed by atoms with E-state index >= 15 is 0 Å². The summed E-state index contributed by atoms with van der Waals surface area (Å²) in [6.45, 7) is 2.70. The van der Waals surface area contributed by atoms with Gasteiger partial charge in [0.1, 0.15) is 0 Å². The summed E-state index contributed by atoms with van der Waals surface area (Å²) in [6, 6.07) is 0. The van der Waals surface area contributed by atoms with Crippen LogP contribution in [0.1, 0.15) is 25.7 Å². The smallest absolute Gasteiger partial charge is 0.303 e. The average molecular weight is 275 g/mol. The van der Waals surface area contributed by atoms with Crippen LogP contribution in [0.25, 0.3) is 0 Å². The van der Waals surface area contributed by atoms with Crippen LogP contribution in [0.15, 0.2) is 0 Å². The number of thioether (sulfide) groups is 1. The van der Waals surface area contributed by atoms with Crippen molar-refractivity contribution in [3.8, 4) is 0 Å². The van der Waals surface area contributed by atoms with Crippen molar-refractivity contribution >= 4 is 23.6 Å². The summed E-state index contributed by atoms with van der Waals surface area (Å²) in [7, 11) is 0. The number of carboxylic acid groups (broad SMARTS) is 1. The fraction of sp³-hybridized carbons (Fsp3) is 0.833. The molecule has 0 aromatic heterocycles. The summed E-state index contributed by atoms with van der Waals surface area (Å²) < 4.78 is 5.19. The predicted octanol–water partition coefficient (Wildman–Crippen LogP) is 1.22. The second-order valence-corrected chi connectivity index (χ2v) is 5.36. The topological polar surface area (TPSA) is 66.8 Å². The molecule has 1 aliphatic heterocycles. The molecule has 0 bridgehead atoms. The number of ether oxygens (including phenoxy) is 1. The van der Waals surface area contributed by atoms with E-state index in [9.17, 15) is 9.59 Å². The highest BCUT2D eigenvalue weighted by molar-refractivity contribution is 7.99. The Balaban J connectivity index is 1.93. The van der Waals surface area contributed by atoms with Crippen molar-refractivity contribution < 1.29 is 19.4 Å². The number of carbonyl (C=O) groups excluding carboxylic acids is 1. The summed E-state index contributed by atoms with van der Waals surface area (Å²) in [6.07, 6.45) is 2.88. The zero-order valence-electron chi connectivity index (χ0n) is 10.6. The molecule has 1 rings (SSSR count). The molecule has 0 atom stereocenters. The van der Waals surface area contributed by atoms with Gasteiger partial charge in [-0.3, -0.25) is 9.59 Å². The van der Waals surface area contributed by atoms with Crippen molar-refractivity contribution in [1.82, 2.24) is 4.90 Å². The molecule has 1 N–H and O–H groups in total. The molecule has 18 heavy (non-hydrogen) atoms. The minimum atomic E-state index is -0.731. The van der Waals surface area contributed by atoms with Crippen LogP contribution in [0.2, 0.25) is 0 Å². The van der Waals surface area contributed by atoms with Crippen molar-refractivity contribution in [2.75, 3.05) is 37.8 Å². The summed E-state index contributed by atoms with van der Waals surface area (Å²) >= 11 is 1.63. The molecule has 5 nitrogen and oxygen atoms in total. The number of hydrogen-bond donors (Lipinski definition) is 1. The van der Waals surface area contributed by atoms with Gasteiger partial charge in [-0.15, -0.1) is 0 Å². The molecule has 1 aliphatic rings. The molecule has 0 radical (unpaired) electrons. The molecule has 1 fully saturated rings. The van der Waals surface area contributed by atoms with E-state index in [0.717, 1.165) is 25.0 Å². The Morgan fingerprint density at radius 1 is 1.17 bits per heavy atom. The Morgan fingerprint density at radius 2 is 1.89 bits per heavy atom. The first kappa shape index (κ1) is 15.3. The maximum Gasteiger partial charge on any atom is 0.303 e. The van der Waals surface area contributed by atoms with Gasteiger partial charge in [0, 0.05) is 19.5 Å². The van der Waals surface area contributed by atoms with Crippen molar-refractivity contribution in [2.24, 2.45) is 0 Å². The normalized spacial score (nSPS) is 15.7. The summed E-state index contributed by atoms with van der Waals surface area (Å²) in [5.74, 6) is 0.910. The lowest BCUT2D eigenvalue weighted by atomic mass is 10.2. The van der Waals surface area contributed by atoms with Crippen molar-refractivity contribution in [1.29, 1.82) is 0 Å². The van der Waals surface area contributed by atoms with Crippen LogP contribution in [-0.4, -0.2) is 59.7 Å². The van der Waals surface area contributed by atoms with E-state index in [2.05, 4.69) is 0 Å². The van der Waals surface area contributed by atoms with Crippen LogP contribution >= 0.6 is 11.8 Å². The molecule has 1 amide bonds. The van der Waals surface area contributed by atoms with Crippen LogP contribution in [-0.2, 0) is 14.3 Å². The number of unbranched alkanes of at least 4 members (excludes halogenated alkanes) is 2. The molecular formula is C12H21NO4S. The molecule has 6 heteroatoms. The van der Waals surface area contributed by atoms with Crippen LogP contribution in [0.5, 0.6) is 0 Å². The minimum Gasteiger partial charge on any atom is -0.481 e.